The first kappa shape index (κ1) is 17.4. The van der Waals surface area contributed by atoms with Crippen molar-refractivity contribution in [3.63, 3.8) is 0 Å². The molecular weight excluding hydrogens is 304 g/mol. The Morgan fingerprint density at radius 2 is 1.12 bits per heavy atom. The first-order valence-corrected chi connectivity index (χ1v) is 8.73. The molecule has 3 aromatic rings. The maximum absolute atomic E-state index is 11.8. The summed E-state index contributed by atoms with van der Waals surface area (Å²) in [6.07, 6.45) is 0.547. The lowest BCUT2D eigenvalue weighted by Crippen LogP contribution is -2.31. The van der Waals surface area contributed by atoms with Crippen molar-refractivity contribution >= 4 is 0 Å². The molecule has 0 aliphatic heterocycles. The summed E-state index contributed by atoms with van der Waals surface area (Å²) in [5, 5.41) is 11.8. The van der Waals surface area contributed by atoms with Crippen LogP contribution in [0, 0.1) is 33.8 Å². The van der Waals surface area contributed by atoms with Gasteiger partial charge in [0.25, 0.3) is 0 Å². The van der Waals surface area contributed by atoms with E-state index in [4.69, 9.17) is 0 Å². The second kappa shape index (κ2) is 6.85. The van der Waals surface area contributed by atoms with Crippen LogP contribution in [0.25, 0.3) is 0 Å². The van der Waals surface area contributed by atoms with Crippen molar-refractivity contribution in [1.82, 2.24) is 0 Å². The average molecular weight is 329 g/mol. The third-order valence-electron chi connectivity index (χ3n) is 5.04. The number of rotatable bonds is 4. The van der Waals surface area contributed by atoms with Gasteiger partial charge in [0.05, 0.1) is 0 Å². The van der Waals surface area contributed by atoms with Crippen molar-refractivity contribution in [2.45, 2.75) is 39.7 Å². The Morgan fingerprint density at radius 1 is 0.720 bits per heavy atom. The molecule has 1 heteroatoms. The first-order valence-electron chi connectivity index (χ1n) is 8.73. The molecular formula is C24H25O. The fourth-order valence-electron chi connectivity index (χ4n) is 3.34. The fraction of sp³-hybridized carbons (Fsp3) is 0.250. The Balaban J connectivity index is 2.15. The standard InChI is InChI=1S/C24H25O/c1-17-8-12-21(13-9-17)24(25,22-14-10-18(2)11-15-22)16-23-19(3)6-5-7-20(23)4/h6-15,25H,16H2,1-4H3. The molecule has 1 radical (unpaired) electrons. The lowest BCUT2D eigenvalue weighted by atomic mass is 9.79. The van der Waals surface area contributed by atoms with Gasteiger partial charge in [-0.15, -0.1) is 0 Å². The minimum Gasteiger partial charge on any atom is -0.380 e. The molecule has 25 heavy (non-hydrogen) atoms. The Kier molecular flexibility index (Phi) is 4.78. The van der Waals surface area contributed by atoms with Crippen molar-refractivity contribution in [3.05, 3.63) is 106 Å². The predicted molar refractivity (Wildman–Crippen MR) is 104 cm³/mol. The van der Waals surface area contributed by atoms with Gasteiger partial charge >= 0.3 is 0 Å². The van der Waals surface area contributed by atoms with E-state index in [1.165, 1.54) is 16.7 Å². The smallest absolute Gasteiger partial charge is 0.119 e. The average Bonchev–Trinajstić information content (AvgIpc) is 2.59. The van der Waals surface area contributed by atoms with E-state index < -0.39 is 5.60 Å². The molecule has 0 spiro atoms. The van der Waals surface area contributed by atoms with Crippen molar-refractivity contribution < 1.29 is 5.11 Å². The van der Waals surface area contributed by atoms with Gasteiger partial charge in [-0.05, 0) is 61.6 Å². The highest BCUT2D eigenvalue weighted by Crippen LogP contribution is 2.35. The van der Waals surface area contributed by atoms with E-state index in [1.807, 2.05) is 36.4 Å². The Labute approximate surface area is 151 Å². The maximum atomic E-state index is 11.8. The van der Waals surface area contributed by atoms with Crippen LogP contribution in [0.5, 0.6) is 0 Å². The first-order chi connectivity index (χ1) is 11.9. The zero-order valence-corrected chi connectivity index (χ0v) is 15.4. The van der Waals surface area contributed by atoms with Crippen LogP contribution in [0.1, 0.15) is 38.9 Å². The Morgan fingerprint density at radius 3 is 1.52 bits per heavy atom. The van der Waals surface area contributed by atoms with Crippen molar-refractivity contribution in [3.8, 4) is 0 Å². The minimum atomic E-state index is -1.06. The molecule has 0 atom stereocenters. The molecule has 1 nitrogen and oxygen atoms in total. The number of hydrogen-bond donors (Lipinski definition) is 1. The Bertz CT molecular complexity index is 792. The van der Waals surface area contributed by atoms with Gasteiger partial charge in [-0.25, -0.2) is 0 Å². The number of aryl methyl sites for hydroxylation is 4. The Hall–Kier alpha value is -2.38. The van der Waals surface area contributed by atoms with Crippen LogP contribution in [-0.2, 0) is 12.0 Å². The normalized spacial score (nSPS) is 11.6. The molecule has 0 amide bonds. The monoisotopic (exact) mass is 329 g/mol. The molecule has 127 valence electrons. The van der Waals surface area contributed by atoms with Crippen molar-refractivity contribution in [1.29, 1.82) is 0 Å². The lowest BCUT2D eigenvalue weighted by Gasteiger charge is -2.31. The maximum Gasteiger partial charge on any atom is 0.119 e. The second-order valence-corrected chi connectivity index (χ2v) is 7.07. The van der Waals surface area contributed by atoms with E-state index in [-0.39, 0.29) is 0 Å². The molecule has 0 aliphatic rings. The predicted octanol–water partition coefficient (Wildman–Crippen LogP) is 5.20. The third kappa shape index (κ3) is 3.52. The van der Waals surface area contributed by atoms with Crippen LogP contribution in [0.15, 0.2) is 60.7 Å². The van der Waals surface area contributed by atoms with Gasteiger partial charge in [0.15, 0.2) is 0 Å². The van der Waals surface area contributed by atoms with E-state index in [9.17, 15) is 5.11 Å². The molecule has 0 aromatic heterocycles. The summed E-state index contributed by atoms with van der Waals surface area (Å²) in [6.45, 7) is 8.30. The summed E-state index contributed by atoms with van der Waals surface area (Å²) in [7, 11) is 0. The fourth-order valence-corrected chi connectivity index (χ4v) is 3.34. The van der Waals surface area contributed by atoms with Crippen molar-refractivity contribution in [2.24, 2.45) is 0 Å². The lowest BCUT2D eigenvalue weighted by molar-refractivity contribution is 0.0808. The van der Waals surface area contributed by atoms with E-state index in [2.05, 4.69) is 58.0 Å². The molecule has 0 heterocycles. The molecule has 0 saturated heterocycles. The summed E-state index contributed by atoms with van der Waals surface area (Å²) >= 11 is 0. The van der Waals surface area contributed by atoms with Crippen LogP contribution in [0.4, 0.5) is 0 Å². The van der Waals surface area contributed by atoms with Crippen LogP contribution in [-0.4, -0.2) is 5.11 Å². The molecule has 0 saturated carbocycles. The SMILES string of the molecule is Cc1ccc(C(O)(Cc2c(C)c[c]cc2C)c2ccc(C)cc2)cc1. The number of hydrogen-bond acceptors (Lipinski definition) is 1. The molecule has 3 aromatic carbocycles. The molecule has 0 unspecified atom stereocenters. The van der Waals surface area contributed by atoms with Gasteiger partial charge < -0.3 is 5.11 Å². The van der Waals surface area contributed by atoms with E-state index in [1.54, 1.807) is 0 Å². The summed E-state index contributed by atoms with van der Waals surface area (Å²) in [6, 6.07) is 23.6. The van der Waals surface area contributed by atoms with Gasteiger partial charge in [-0.1, -0.05) is 71.8 Å². The van der Waals surface area contributed by atoms with Crippen LogP contribution < -0.4 is 0 Å². The van der Waals surface area contributed by atoms with Gasteiger partial charge in [0, 0.05) is 6.42 Å². The molecule has 1 N–H and O–H groups in total. The zero-order chi connectivity index (χ0) is 18.0. The van der Waals surface area contributed by atoms with Crippen molar-refractivity contribution in [2.75, 3.05) is 0 Å². The molecule has 0 aliphatic carbocycles. The van der Waals surface area contributed by atoms with Crippen LogP contribution in [0.3, 0.4) is 0 Å². The van der Waals surface area contributed by atoms with E-state index in [0.717, 1.165) is 22.3 Å². The number of benzene rings is 3. The highest BCUT2D eigenvalue weighted by atomic mass is 16.3. The third-order valence-corrected chi connectivity index (χ3v) is 5.04. The summed E-state index contributed by atoms with van der Waals surface area (Å²) < 4.78 is 0. The second-order valence-electron chi connectivity index (χ2n) is 7.07. The molecule has 0 bridgehead atoms. The van der Waals surface area contributed by atoms with Gasteiger partial charge in [-0.3, -0.25) is 0 Å². The highest BCUT2D eigenvalue weighted by molar-refractivity contribution is 5.43. The summed E-state index contributed by atoms with van der Waals surface area (Å²) in [4.78, 5) is 0. The van der Waals surface area contributed by atoms with Crippen LogP contribution >= 0.6 is 0 Å². The molecule has 3 rings (SSSR count). The van der Waals surface area contributed by atoms with E-state index >= 15 is 0 Å². The topological polar surface area (TPSA) is 20.2 Å². The van der Waals surface area contributed by atoms with Crippen LogP contribution in [0.2, 0.25) is 0 Å². The quantitative estimate of drug-likeness (QED) is 0.697. The number of aliphatic hydroxyl groups is 1. The zero-order valence-electron chi connectivity index (χ0n) is 15.4. The highest BCUT2D eigenvalue weighted by Gasteiger charge is 2.32. The summed E-state index contributed by atoms with van der Waals surface area (Å²) in [5.74, 6) is 0. The van der Waals surface area contributed by atoms with Gasteiger partial charge in [0.1, 0.15) is 5.60 Å². The van der Waals surface area contributed by atoms with Gasteiger partial charge in [-0.2, -0.15) is 0 Å². The minimum absolute atomic E-state index is 0.547. The summed E-state index contributed by atoms with van der Waals surface area (Å²) in [5.41, 5.74) is 6.69. The van der Waals surface area contributed by atoms with E-state index in [0.29, 0.717) is 6.42 Å². The van der Waals surface area contributed by atoms with Gasteiger partial charge in [0.2, 0.25) is 0 Å². The molecule has 0 fully saturated rings. The largest absolute Gasteiger partial charge is 0.380 e.